The van der Waals surface area contributed by atoms with Crippen LogP contribution in [0.25, 0.3) is 0 Å². The molecule has 1 aliphatic carbocycles. The van der Waals surface area contributed by atoms with E-state index in [1.54, 1.807) is 12.1 Å². The highest BCUT2D eigenvalue weighted by Crippen LogP contribution is 2.49. The van der Waals surface area contributed by atoms with Crippen LogP contribution >= 0.6 is 15.9 Å². The second-order valence-electron chi connectivity index (χ2n) is 5.87. The van der Waals surface area contributed by atoms with Crippen molar-refractivity contribution < 1.29 is 4.39 Å². The third-order valence-corrected chi connectivity index (χ3v) is 4.80. The fraction of sp³-hybridized carbons (Fsp3) is 0.600. The van der Waals surface area contributed by atoms with Gasteiger partial charge in [-0.3, -0.25) is 0 Å². The van der Waals surface area contributed by atoms with E-state index in [-0.39, 0.29) is 17.3 Å². The zero-order valence-corrected chi connectivity index (χ0v) is 12.6. The molecule has 1 aromatic carbocycles. The first kappa shape index (κ1) is 14.0. The van der Waals surface area contributed by atoms with Crippen LogP contribution in [0.4, 0.5) is 4.39 Å². The first-order valence-electron chi connectivity index (χ1n) is 6.67. The van der Waals surface area contributed by atoms with Crippen LogP contribution in [-0.4, -0.2) is 6.04 Å². The number of hydrogen-bond acceptors (Lipinski definition) is 1. The summed E-state index contributed by atoms with van der Waals surface area (Å²) in [6, 6.07) is 5.16. The Morgan fingerprint density at radius 2 is 2.06 bits per heavy atom. The molecule has 0 saturated heterocycles. The van der Waals surface area contributed by atoms with Crippen molar-refractivity contribution in [2.75, 3.05) is 0 Å². The van der Waals surface area contributed by atoms with Gasteiger partial charge >= 0.3 is 0 Å². The molecule has 1 fully saturated rings. The van der Waals surface area contributed by atoms with Gasteiger partial charge in [0.1, 0.15) is 5.82 Å². The van der Waals surface area contributed by atoms with Crippen LogP contribution in [0, 0.1) is 11.7 Å². The average molecular weight is 314 g/mol. The van der Waals surface area contributed by atoms with Crippen molar-refractivity contribution in [1.82, 2.24) is 0 Å². The zero-order valence-electron chi connectivity index (χ0n) is 11.0. The molecule has 2 N–H and O–H groups in total. The Morgan fingerprint density at radius 3 is 2.50 bits per heavy atom. The van der Waals surface area contributed by atoms with E-state index in [2.05, 4.69) is 29.8 Å². The van der Waals surface area contributed by atoms with E-state index in [4.69, 9.17) is 5.73 Å². The topological polar surface area (TPSA) is 26.0 Å². The first-order valence-corrected chi connectivity index (χ1v) is 7.46. The van der Waals surface area contributed by atoms with Gasteiger partial charge in [0.05, 0.1) is 0 Å². The van der Waals surface area contributed by atoms with Gasteiger partial charge < -0.3 is 5.73 Å². The standard InChI is InChI=1S/C15H21BrFN/c1-10(2)8-14(18)15(6-3-7-15)12-5-4-11(17)9-13(12)16/h4-5,9-10,14H,3,6-8,18H2,1-2H3. The molecule has 1 atom stereocenters. The molecule has 18 heavy (non-hydrogen) atoms. The summed E-state index contributed by atoms with van der Waals surface area (Å²) in [7, 11) is 0. The van der Waals surface area contributed by atoms with Crippen LogP contribution in [0.2, 0.25) is 0 Å². The summed E-state index contributed by atoms with van der Waals surface area (Å²) in [6.07, 6.45) is 4.47. The van der Waals surface area contributed by atoms with Crippen molar-refractivity contribution in [2.45, 2.75) is 51.0 Å². The molecule has 1 saturated carbocycles. The number of nitrogens with two attached hydrogens (primary N) is 1. The second-order valence-corrected chi connectivity index (χ2v) is 6.72. The molecule has 100 valence electrons. The minimum absolute atomic E-state index is 0.0524. The van der Waals surface area contributed by atoms with Crippen molar-refractivity contribution in [3.05, 3.63) is 34.1 Å². The lowest BCUT2D eigenvalue weighted by atomic mass is 9.59. The Morgan fingerprint density at radius 1 is 1.39 bits per heavy atom. The van der Waals surface area contributed by atoms with Crippen LogP contribution in [0.1, 0.15) is 45.1 Å². The van der Waals surface area contributed by atoms with Crippen LogP contribution in [0.15, 0.2) is 22.7 Å². The number of benzene rings is 1. The van der Waals surface area contributed by atoms with Gasteiger partial charge in [-0.15, -0.1) is 0 Å². The minimum atomic E-state index is -0.197. The van der Waals surface area contributed by atoms with Gasteiger partial charge in [-0.05, 0) is 42.9 Å². The third kappa shape index (κ3) is 2.48. The Hall–Kier alpha value is -0.410. The molecule has 0 spiro atoms. The van der Waals surface area contributed by atoms with Crippen LogP contribution in [-0.2, 0) is 5.41 Å². The van der Waals surface area contributed by atoms with Gasteiger partial charge in [-0.1, -0.05) is 42.3 Å². The Labute approximate surface area is 117 Å². The molecule has 0 bridgehead atoms. The van der Waals surface area contributed by atoms with E-state index in [0.717, 1.165) is 23.7 Å². The minimum Gasteiger partial charge on any atom is -0.327 e. The molecule has 0 amide bonds. The van der Waals surface area contributed by atoms with Crippen molar-refractivity contribution in [3.63, 3.8) is 0 Å². The summed E-state index contributed by atoms with van der Waals surface area (Å²) in [6.45, 7) is 4.40. The van der Waals surface area contributed by atoms with E-state index < -0.39 is 0 Å². The van der Waals surface area contributed by atoms with Crippen molar-refractivity contribution in [3.8, 4) is 0 Å². The molecule has 0 aromatic heterocycles. The van der Waals surface area contributed by atoms with Gasteiger partial charge in [-0.25, -0.2) is 4.39 Å². The normalized spacial score (nSPS) is 19.7. The highest BCUT2D eigenvalue weighted by molar-refractivity contribution is 9.10. The van der Waals surface area contributed by atoms with Gasteiger partial charge in [0.2, 0.25) is 0 Å². The van der Waals surface area contributed by atoms with E-state index in [1.807, 2.05) is 6.07 Å². The number of hydrogen-bond donors (Lipinski definition) is 1. The van der Waals surface area contributed by atoms with Gasteiger partial charge in [0.15, 0.2) is 0 Å². The number of rotatable bonds is 4. The van der Waals surface area contributed by atoms with E-state index in [1.165, 1.54) is 12.0 Å². The lowest BCUT2D eigenvalue weighted by Crippen LogP contribution is -2.51. The molecule has 3 heteroatoms. The van der Waals surface area contributed by atoms with E-state index in [9.17, 15) is 4.39 Å². The van der Waals surface area contributed by atoms with Crippen LogP contribution < -0.4 is 5.73 Å². The van der Waals surface area contributed by atoms with Crippen molar-refractivity contribution in [2.24, 2.45) is 11.7 Å². The molecule has 0 radical (unpaired) electrons. The number of halogens is 2. The largest absolute Gasteiger partial charge is 0.327 e. The molecule has 1 aromatic rings. The molecule has 2 rings (SSSR count). The monoisotopic (exact) mass is 313 g/mol. The van der Waals surface area contributed by atoms with Gasteiger partial charge in [-0.2, -0.15) is 0 Å². The maximum absolute atomic E-state index is 13.2. The molecule has 1 aliphatic rings. The maximum atomic E-state index is 13.2. The fourth-order valence-corrected chi connectivity index (χ4v) is 3.77. The summed E-state index contributed by atoms with van der Waals surface area (Å²) >= 11 is 3.50. The first-order chi connectivity index (χ1) is 8.45. The predicted octanol–water partition coefficient (Wildman–Crippen LogP) is 4.38. The second kappa shape index (κ2) is 5.30. The lowest BCUT2D eigenvalue weighted by Gasteiger charge is -2.48. The molecule has 0 heterocycles. The lowest BCUT2D eigenvalue weighted by molar-refractivity contribution is 0.177. The fourth-order valence-electron chi connectivity index (χ4n) is 3.02. The van der Waals surface area contributed by atoms with E-state index in [0.29, 0.717) is 5.92 Å². The van der Waals surface area contributed by atoms with Gasteiger partial charge in [0.25, 0.3) is 0 Å². The van der Waals surface area contributed by atoms with E-state index >= 15 is 0 Å². The molecule has 1 unspecified atom stereocenters. The van der Waals surface area contributed by atoms with Crippen molar-refractivity contribution >= 4 is 15.9 Å². The Bertz CT molecular complexity index is 427. The summed E-state index contributed by atoms with van der Waals surface area (Å²) < 4.78 is 14.1. The molecular weight excluding hydrogens is 293 g/mol. The van der Waals surface area contributed by atoms with Gasteiger partial charge in [0, 0.05) is 15.9 Å². The summed E-state index contributed by atoms with van der Waals surface area (Å²) in [5.41, 5.74) is 7.68. The smallest absolute Gasteiger partial charge is 0.124 e. The molecule has 0 aliphatic heterocycles. The van der Waals surface area contributed by atoms with Crippen LogP contribution in [0.5, 0.6) is 0 Å². The Balaban J connectivity index is 2.32. The molecular formula is C15H21BrFN. The maximum Gasteiger partial charge on any atom is 0.124 e. The SMILES string of the molecule is CC(C)CC(N)C1(c2ccc(F)cc2Br)CCC1. The average Bonchev–Trinajstić information content (AvgIpc) is 2.18. The molecule has 1 nitrogen and oxygen atoms in total. The summed E-state index contributed by atoms with van der Waals surface area (Å²) in [5.74, 6) is 0.397. The predicted molar refractivity (Wildman–Crippen MR) is 77.1 cm³/mol. The zero-order chi connectivity index (χ0) is 13.3. The Kier molecular flexibility index (Phi) is 4.12. The quantitative estimate of drug-likeness (QED) is 0.877. The third-order valence-electron chi connectivity index (χ3n) is 4.15. The highest BCUT2D eigenvalue weighted by Gasteiger charge is 2.44. The van der Waals surface area contributed by atoms with Crippen LogP contribution in [0.3, 0.4) is 0 Å². The summed E-state index contributed by atoms with van der Waals surface area (Å²) in [5, 5.41) is 0. The highest BCUT2D eigenvalue weighted by atomic mass is 79.9. The van der Waals surface area contributed by atoms with Crippen molar-refractivity contribution in [1.29, 1.82) is 0 Å². The summed E-state index contributed by atoms with van der Waals surface area (Å²) in [4.78, 5) is 0.